The first-order valence-corrected chi connectivity index (χ1v) is 8.87. The minimum atomic E-state index is -0.0177. The van der Waals surface area contributed by atoms with E-state index in [1.165, 1.54) is 17.3 Å². The van der Waals surface area contributed by atoms with Crippen LogP contribution in [0.2, 0.25) is 0 Å². The van der Waals surface area contributed by atoms with Crippen LogP contribution in [0.5, 0.6) is 0 Å². The Morgan fingerprint density at radius 2 is 1.91 bits per heavy atom. The van der Waals surface area contributed by atoms with Crippen molar-refractivity contribution < 1.29 is 4.79 Å². The summed E-state index contributed by atoms with van der Waals surface area (Å²) in [6.07, 6.45) is 0. The van der Waals surface area contributed by atoms with Crippen molar-refractivity contribution in [2.24, 2.45) is 0 Å². The lowest BCUT2D eigenvalue weighted by molar-refractivity contribution is -0.113. The fourth-order valence-corrected chi connectivity index (χ4v) is 2.82. The molecule has 0 aliphatic heterocycles. The minimum Gasteiger partial charge on any atom is -0.325 e. The number of nitrogens with one attached hydrogen (secondary N) is 1. The number of nitrogens with zero attached hydrogens (tertiary/aromatic N) is 4. The molecule has 0 atom stereocenters. The average molecular weight is 333 g/mol. The van der Waals surface area contributed by atoms with E-state index >= 15 is 0 Å². The van der Waals surface area contributed by atoms with Crippen LogP contribution in [-0.2, 0) is 10.5 Å². The van der Waals surface area contributed by atoms with Crippen molar-refractivity contribution in [3.8, 4) is 0 Å². The predicted octanol–water partition coefficient (Wildman–Crippen LogP) is 3.25. The van der Waals surface area contributed by atoms with Crippen LogP contribution in [-0.4, -0.2) is 31.9 Å². The fraction of sp³-hybridized carbons (Fsp3) is 0.500. The molecule has 0 saturated carbocycles. The molecule has 1 heterocycles. The van der Waals surface area contributed by atoms with E-state index in [1.54, 1.807) is 4.68 Å². The molecule has 0 spiro atoms. The summed E-state index contributed by atoms with van der Waals surface area (Å²) in [5, 5.41) is 14.5. The number of carbonyl (C=O) groups excluding carboxylic acids is 1. The predicted molar refractivity (Wildman–Crippen MR) is 93.5 cm³/mol. The van der Waals surface area contributed by atoms with Crippen molar-refractivity contribution in [2.45, 2.75) is 45.4 Å². The molecule has 2 aromatic rings. The number of benzene rings is 1. The lowest BCUT2D eigenvalue weighted by Crippen LogP contribution is -2.15. The Labute approximate surface area is 141 Å². The molecule has 0 unspecified atom stereocenters. The molecule has 6 nitrogen and oxygen atoms in total. The van der Waals surface area contributed by atoms with Gasteiger partial charge in [-0.1, -0.05) is 26.0 Å². The summed E-state index contributed by atoms with van der Waals surface area (Å²) in [6, 6.07) is 8.19. The maximum atomic E-state index is 12.0. The van der Waals surface area contributed by atoms with Crippen molar-refractivity contribution >= 4 is 23.4 Å². The smallest absolute Gasteiger partial charge is 0.234 e. The molecule has 124 valence electrons. The number of aromatic nitrogens is 4. The highest BCUT2D eigenvalue weighted by molar-refractivity contribution is 7.99. The van der Waals surface area contributed by atoms with E-state index in [4.69, 9.17) is 0 Å². The Morgan fingerprint density at radius 1 is 1.22 bits per heavy atom. The molecule has 7 heteroatoms. The number of anilines is 1. The zero-order valence-electron chi connectivity index (χ0n) is 14.0. The van der Waals surface area contributed by atoms with Gasteiger partial charge in [-0.2, -0.15) is 0 Å². The highest BCUT2D eigenvalue weighted by atomic mass is 32.2. The maximum Gasteiger partial charge on any atom is 0.234 e. The first-order valence-electron chi connectivity index (χ1n) is 7.71. The maximum absolute atomic E-state index is 12.0. The minimum absolute atomic E-state index is 0.0177. The van der Waals surface area contributed by atoms with Gasteiger partial charge in [0, 0.05) is 5.69 Å². The van der Waals surface area contributed by atoms with Crippen LogP contribution in [0.3, 0.4) is 0 Å². The first-order chi connectivity index (χ1) is 11.0. The van der Waals surface area contributed by atoms with Gasteiger partial charge in [-0.3, -0.25) is 4.79 Å². The zero-order chi connectivity index (χ0) is 16.8. The second-order valence-corrected chi connectivity index (χ2v) is 6.94. The van der Waals surface area contributed by atoms with Crippen LogP contribution >= 0.6 is 11.8 Å². The van der Waals surface area contributed by atoms with Crippen LogP contribution in [0.1, 0.15) is 51.0 Å². The van der Waals surface area contributed by atoms with E-state index in [1.807, 2.05) is 38.1 Å². The van der Waals surface area contributed by atoms with Gasteiger partial charge in [-0.15, -0.1) is 16.9 Å². The summed E-state index contributed by atoms with van der Waals surface area (Å²) in [4.78, 5) is 12.0. The number of tetrazole rings is 1. The van der Waals surface area contributed by atoms with E-state index in [0.29, 0.717) is 17.4 Å². The number of thioether (sulfide) groups is 1. The van der Waals surface area contributed by atoms with Gasteiger partial charge >= 0.3 is 0 Å². The molecule has 0 aliphatic rings. The van der Waals surface area contributed by atoms with Gasteiger partial charge in [-0.25, -0.2) is 4.68 Å². The van der Waals surface area contributed by atoms with Crippen LogP contribution < -0.4 is 5.32 Å². The normalized spacial score (nSPS) is 11.2. The Kier molecular flexibility index (Phi) is 6.15. The quantitative estimate of drug-likeness (QED) is 0.842. The highest BCUT2D eigenvalue weighted by Gasteiger charge is 2.10. The first kappa shape index (κ1) is 17.5. The van der Waals surface area contributed by atoms with Crippen LogP contribution in [0.25, 0.3) is 0 Å². The monoisotopic (exact) mass is 333 g/mol. The molecule has 1 amide bonds. The molecule has 0 bridgehead atoms. The lowest BCUT2D eigenvalue weighted by Gasteiger charge is -2.09. The van der Waals surface area contributed by atoms with Crippen molar-refractivity contribution in [1.82, 2.24) is 20.2 Å². The number of hydrogen-bond donors (Lipinski definition) is 1. The summed E-state index contributed by atoms with van der Waals surface area (Å²) in [5.74, 6) is 2.25. The topological polar surface area (TPSA) is 72.7 Å². The van der Waals surface area contributed by atoms with E-state index in [0.717, 1.165) is 11.5 Å². The van der Waals surface area contributed by atoms with E-state index in [9.17, 15) is 4.79 Å². The number of amides is 1. The molecular formula is C16H23N5OS. The molecular weight excluding hydrogens is 310 g/mol. The molecule has 0 aliphatic carbocycles. The second-order valence-electron chi connectivity index (χ2n) is 5.95. The molecule has 1 aromatic carbocycles. The molecule has 1 N–H and O–H groups in total. The molecule has 23 heavy (non-hydrogen) atoms. The Morgan fingerprint density at radius 3 is 2.52 bits per heavy atom. The third kappa shape index (κ3) is 5.06. The highest BCUT2D eigenvalue weighted by Crippen LogP contribution is 2.18. The molecule has 1 aromatic heterocycles. The Balaban J connectivity index is 1.80. The van der Waals surface area contributed by atoms with Gasteiger partial charge in [0.2, 0.25) is 5.91 Å². The van der Waals surface area contributed by atoms with Crippen molar-refractivity contribution in [2.75, 3.05) is 11.1 Å². The van der Waals surface area contributed by atoms with Crippen LogP contribution in [0, 0.1) is 0 Å². The SMILES string of the molecule is CC(C)c1ccc(NC(=O)CSCc2nnnn2C(C)C)cc1. The van der Waals surface area contributed by atoms with Gasteiger partial charge in [-0.05, 0) is 47.9 Å². The van der Waals surface area contributed by atoms with Crippen molar-refractivity contribution in [1.29, 1.82) is 0 Å². The van der Waals surface area contributed by atoms with Crippen LogP contribution in [0.15, 0.2) is 24.3 Å². The Bertz CT molecular complexity index is 636. The van der Waals surface area contributed by atoms with Gasteiger partial charge in [0.15, 0.2) is 5.82 Å². The summed E-state index contributed by atoms with van der Waals surface area (Å²) in [6.45, 7) is 8.35. The summed E-state index contributed by atoms with van der Waals surface area (Å²) in [5.41, 5.74) is 2.09. The Hall–Kier alpha value is -1.89. The molecule has 2 rings (SSSR count). The zero-order valence-corrected chi connectivity index (χ0v) is 14.8. The van der Waals surface area contributed by atoms with Gasteiger partial charge < -0.3 is 5.32 Å². The van der Waals surface area contributed by atoms with Crippen molar-refractivity contribution in [3.05, 3.63) is 35.7 Å². The van der Waals surface area contributed by atoms with E-state index in [2.05, 4.69) is 34.7 Å². The summed E-state index contributed by atoms with van der Waals surface area (Å²) < 4.78 is 1.77. The van der Waals surface area contributed by atoms with Gasteiger partial charge in [0.25, 0.3) is 0 Å². The molecule has 0 radical (unpaired) electrons. The summed E-state index contributed by atoms with van der Waals surface area (Å²) >= 11 is 1.50. The standard InChI is InChI=1S/C16H23N5OS/c1-11(2)13-5-7-14(8-6-13)17-16(22)10-23-9-15-18-19-20-21(15)12(3)4/h5-8,11-12H,9-10H2,1-4H3,(H,17,22). The van der Waals surface area contributed by atoms with E-state index in [-0.39, 0.29) is 11.9 Å². The van der Waals surface area contributed by atoms with Gasteiger partial charge in [0.05, 0.1) is 17.5 Å². The fourth-order valence-electron chi connectivity index (χ4n) is 2.09. The number of carbonyl (C=O) groups is 1. The van der Waals surface area contributed by atoms with Crippen molar-refractivity contribution in [3.63, 3.8) is 0 Å². The second kappa shape index (κ2) is 8.10. The number of hydrogen-bond acceptors (Lipinski definition) is 5. The number of rotatable bonds is 7. The molecule has 0 saturated heterocycles. The van der Waals surface area contributed by atoms with Crippen LogP contribution in [0.4, 0.5) is 5.69 Å². The summed E-state index contributed by atoms with van der Waals surface area (Å²) in [7, 11) is 0. The molecule has 0 fully saturated rings. The van der Waals surface area contributed by atoms with Gasteiger partial charge in [0.1, 0.15) is 0 Å². The largest absolute Gasteiger partial charge is 0.325 e. The van der Waals surface area contributed by atoms with E-state index < -0.39 is 0 Å². The third-order valence-corrected chi connectivity index (χ3v) is 4.30. The average Bonchev–Trinajstić information content (AvgIpc) is 2.96. The lowest BCUT2D eigenvalue weighted by atomic mass is 10.0. The third-order valence-electron chi connectivity index (χ3n) is 3.38.